The van der Waals surface area contributed by atoms with Crippen molar-refractivity contribution < 1.29 is 9.53 Å². The summed E-state index contributed by atoms with van der Waals surface area (Å²) in [6.07, 6.45) is 5.40. The van der Waals surface area contributed by atoms with Crippen LogP contribution in [0.3, 0.4) is 0 Å². The lowest BCUT2D eigenvalue weighted by Gasteiger charge is -2.19. The molecular weight excluding hydrogens is 320 g/mol. The first-order valence-corrected chi connectivity index (χ1v) is 8.08. The Morgan fingerprint density at radius 3 is 2.96 bits per heavy atom. The molecule has 0 spiro atoms. The molecule has 2 atom stereocenters. The first-order chi connectivity index (χ1) is 12.2. The van der Waals surface area contributed by atoms with E-state index in [1.165, 1.54) is 0 Å². The Morgan fingerprint density at radius 1 is 1.36 bits per heavy atom. The van der Waals surface area contributed by atoms with E-state index in [2.05, 4.69) is 26.1 Å². The van der Waals surface area contributed by atoms with Crippen LogP contribution >= 0.6 is 0 Å². The quantitative estimate of drug-likeness (QED) is 0.708. The number of methoxy groups -OCH3 is 1. The fourth-order valence-electron chi connectivity index (χ4n) is 2.83. The fraction of sp³-hybridized carbons (Fsp3) is 0.353. The van der Waals surface area contributed by atoms with Crippen LogP contribution in [0.2, 0.25) is 0 Å². The second kappa shape index (κ2) is 7.91. The third-order valence-corrected chi connectivity index (χ3v) is 4.07. The number of nitrogens with one attached hydrogen (secondary N) is 3. The molecule has 1 aliphatic rings. The van der Waals surface area contributed by atoms with Crippen LogP contribution in [0.5, 0.6) is 5.75 Å². The number of hydrogen-bond donors (Lipinski definition) is 3. The van der Waals surface area contributed by atoms with E-state index in [1.54, 1.807) is 30.6 Å². The van der Waals surface area contributed by atoms with E-state index in [0.29, 0.717) is 5.82 Å². The lowest BCUT2D eigenvalue weighted by atomic mass is 10.0. The van der Waals surface area contributed by atoms with Crippen molar-refractivity contribution in [3.63, 3.8) is 0 Å². The number of likely N-dealkylation sites (N-methyl/N-ethyl adjacent to an activating group) is 1. The summed E-state index contributed by atoms with van der Waals surface area (Å²) in [5.41, 5.74) is 7.38. The second-order valence-corrected chi connectivity index (χ2v) is 5.86. The van der Waals surface area contributed by atoms with E-state index in [4.69, 9.17) is 4.74 Å². The summed E-state index contributed by atoms with van der Waals surface area (Å²) in [5, 5.41) is 2.97. The Bertz CT molecular complexity index is 711. The third kappa shape index (κ3) is 4.23. The first-order valence-electron chi connectivity index (χ1n) is 8.08. The van der Waals surface area contributed by atoms with Crippen LogP contribution in [-0.2, 0) is 4.79 Å². The lowest BCUT2D eigenvalue weighted by Crippen LogP contribution is -2.47. The average Bonchev–Trinajstić information content (AvgIpc) is 3.10. The molecular formula is C17H22N6O2. The molecule has 132 valence electrons. The second-order valence-electron chi connectivity index (χ2n) is 5.86. The molecule has 2 unspecified atom stereocenters. The number of carbonyl (C=O) groups is 1. The van der Waals surface area contributed by atoms with Crippen LogP contribution in [0.4, 0.5) is 5.82 Å². The zero-order valence-electron chi connectivity index (χ0n) is 14.3. The molecule has 1 amide bonds. The van der Waals surface area contributed by atoms with Crippen LogP contribution in [0.25, 0.3) is 0 Å². The van der Waals surface area contributed by atoms with Crippen LogP contribution in [-0.4, -0.2) is 42.7 Å². The predicted molar refractivity (Wildman–Crippen MR) is 93.9 cm³/mol. The average molecular weight is 342 g/mol. The van der Waals surface area contributed by atoms with Crippen molar-refractivity contribution in [2.45, 2.75) is 18.6 Å². The highest BCUT2D eigenvalue weighted by Crippen LogP contribution is 2.29. The number of anilines is 1. The van der Waals surface area contributed by atoms with Gasteiger partial charge in [0, 0.05) is 31.4 Å². The van der Waals surface area contributed by atoms with Crippen LogP contribution in [0.1, 0.15) is 18.0 Å². The highest BCUT2D eigenvalue weighted by molar-refractivity contribution is 5.81. The Hall–Kier alpha value is -2.71. The van der Waals surface area contributed by atoms with E-state index in [9.17, 15) is 4.79 Å². The van der Waals surface area contributed by atoms with E-state index in [-0.39, 0.29) is 24.7 Å². The molecule has 0 radical (unpaired) electrons. The van der Waals surface area contributed by atoms with Crippen molar-refractivity contribution in [1.82, 2.24) is 26.1 Å². The Kier molecular flexibility index (Phi) is 5.42. The fourth-order valence-corrected chi connectivity index (χ4v) is 2.83. The molecule has 3 N–H and O–H groups in total. The van der Waals surface area contributed by atoms with E-state index in [0.717, 1.165) is 17.7 Å². The molecule has 3 rings (SSSR count). The third-order valence-electron chi connectivity index (χ3n) is 4.07. The zero-order valence-corrected chi connectivity index (χ0v) is 14.3. The van der Waals surface area contributed by atoms with Gasteiger partial charge in [-0.1, -0.05) is 18.2 Å². The predicted octanol–water partition coefficient (Wildman–Crippen LogP) is 0.603. The van der Waals surface area contributed by atoms with Gasteiger partial charge in [-0.05, 0) is 6.07 Å². The highest BCUT2D eigenvalue weighted by Gasteiger charge is 2.28. The van der Waals surface area contributed by atoms with Gasteiger partial charge in [0.15, 0.2) is 0 Å². The zero-order chi connectivity index (χ0) is 17.6. The van der Waals surface area contributed by atoms with Gasteiger partial charge in [-0.2, -0.15) is 0 Å². The minimum atomic E-state index is -0.155. The van der Waals surface area contributed by atoms with Crippen LogP contribution in [0.15, 0.2) is 42.9 Å². The molecule has 1 aromatic carbocycles. The van der Waals surface area contributed by atoms with E-state index in [1.807, 2.05) is 31.3 Å². The maximum atomic E-state index is 12.3. The normalized spacial score (nSPS) is 19.4. The molecule has 8 nitrogen and oxygen atoms in total. The Morgan fingerprint density at radius 2 is 2.20 bits per heavy atom. The molecule has 1 fully saturated rings. The SMILES string of the molecule is COc1ccccc1C1CC(NC(=O)CN(C)c2cnccn2)NN1. The van der Waals surface area contributed by atoms with Gasteiger partial charge in [0.2, 0.25) is 5.91 Å². The monoisotopic (exact) mass is 342 g/mol. The Labute approximate surface area is 146 Å². The standard InChI is InChI=1S/C17H22N6O2/c1-23(16-10-18-7-8-19-16)11-17(24)20-15-9-13(21-22-15)12-5-3-4-6-14(12)25-2/h3-8,10,13,15,21-22H,9,11H2,1-2H3,(H,20,24). The molecule has 0 bridgehead atoms. The number of carbonyl (C=O) groups excluding carboxylic acids is 1. The number of hydrazine groups is 1. The molecule has 0 saturated carbocycles. The van der Waals surface area contributed by atoms with Crippen LogP contribution in [0, 0.1) is 0 Å². The van der Waals surface area contributed by atoms with Crippen molar-refractivity contribution in [3.8, 4) is 5.75 Å². The van der Waals surface area contributed by atoms with Gasteiger partial charge in [-0.3, -0.25) is 9.78 Å². The number of amides is 1. The van der Waals surface area contributed by atoms with Crippen LogP contribution < -0.4 is 25.8 Å². The van der Waals surface area contributed by atoms with Gasteiger partial charge in [0.1, 0.15) is 11.6 Å². The molecule has 1 aromatic heterocycles. The van der Waals surface area contributed by atoms with Gasteiger partial charge in [-0.25, -0.2) is 15.8 Å². The number of hydrogen-bond acceptors (Lipinski definition) is 7. The van der Waals surface area contributed by atoms with Gasteiger partial charge in [-0.15, -0.1) is 0 Å². The van der Waals surface area contributed by atoms with Gasteiger partial charge < -0.3 is 15.0 Å². The minimum absolute atomic E-state index is 0.0687. The maximum absolute atomic E-state index is 12.3. The summed E-state index contributed by atoms with van der Waals surface area (Å²) >= 11 is 0. The maximum Gasteiger partial charge on any atom is 0.240 e. The first kappa shape index (κ1) is 17.1. The molecule has 25 heavy (non-hydrogen) atoms. The molecule has 1 aliphatic heterocycles. The molecule has 0 aliphatic carbocycles. The number of nitrogens with zero attached hydrogens (tertiary/aromatic N) is 3. The Balaban J connectivity index is 1.53. The van der Waals surface area contributed by atoms with Crippen molar-refractivity contribution in [2.75, 3.05) is 25.6 Å². The van der Waals surface area contributed by atoms with Crippen molar-refractivity contribution in [3.05, 3.63) is 48.4 Å². The van der Waals surface area contributed by atoms with Gasteiger partial charge in [0.25, 0.3) is 0 Å². The van der Waals surface area contributed by atoms with Crippen molar-refractivity contribution in [1.29, 1.82) is 0 Å². The van der Waals surface area contributed by atoms with E-state index >= 15 is 0 Å². The van der Waals surface area contributed by atoms with Gasteiger partial charge in [0.05, 0.1) is 32.1 Å². The summed E-state index contributed by atoms with van der Waals surface area (Å²) in [6.45, 7) is 0.205. The highest BCUT2D eigenvalue weighted by atomic mass is 16.5. The number of rotatable bonds is 6. The summed E-state index contributed by atoms with van der Waals surface area (Å²) in [4.78, 5) is 22.2. The summed E-state index contributed by atoms with van der Waals surface area (Å²) in [7, 11) is 3.46. The number of ether oxygens (including phenoxy) is 1. The summed E-state index contributed by atoms with van der Waals surface area (Å²) in [5.74, 6) is 1.39. The lowest BCUT2D eigenvalue weighted by molar-refractivity contribution is -0.120. The topological polar surface area (TPSA) is 91.4 Å². The van der Waals surface area contributed by atoms with Crippen molar-refractivity contribution >= 4 is 11.7 Å². The smallest absolute Gasteiger partial charge is 0.240 e. The van der Waals surface area contributed by atoms with Crippen molar-refractivity contribution in [2.24, 2.45) is 0 Å². The molecule has 2 heterocycles. The number of aromatic nitrogens is 2. The largest absolute Gasteiger partial charge is 0.496 e. The molecule has 8 heteroatoms. The van der Waals surface area contributed by atoms with Gasteiger partial charge >= 0.3 is 0 Å². The summed E-state index contributed by atoms with van der Waals surface area (Å²) < 4.78 is 5.40. The molecule has 2 aromatic rings. The number of benzene rings is 1. The minimum Gasteiger partial charge on any atom is -0.496 e. The number of para-hydroxylation sites is 1. The molecule has 1 saturated heterocycles. The summed E-state index contributed by atoms with van der Waals surface area (Å²) in [6, 6.07) is 7.93. The van der Waals surface area contributed by atoms with E-state index < -0.39 is 0 Å².